The van der Waals surface area contributed by atoms with Crippen molar-refractivity contribution < 1.29 is 13.6 Å². The number of nitrogens with two attached hydrogens (primary N) is 1. The van der Waals surface area contributed by atoms with Gasteiger partial charge in [-0.2, -0.15) is 0 Å². The summed E-state index contributed by atoms with van der Waals surface area (Å²) in [5.74, 6) is -1.32. The molecule has 3 nitrogen and oxygen atoms in total. The number of carbonyl (C=O) groups is 1. The second kappa shape index (κ2) is 6.14. The van der Waals surface area contributed by atoms with Crippen molar-refractivity contribution in [1.82, 2.24) is 0 Å². The number of rotatable bonds is 5. The summed E-state index contributed by atoms with van der Waals surface area (Å²) in [6.07, 6.45) is 0.179. The molecule has 0 bridgehead atoms. The number of benzene rings is 2. The molecule has 104 valence electrons. The highest BCUT2D eigenvalue weighted by molar-refractivity contribution is 5.76. The van der Waals surface area contributed by atoms with Crippen molar-refractivity contribution in [2.24, 2.45) is 5.73 Å². The van der Waals surface area contributed by atoms with Gasteiger partial charge in [0.1, 0.15) is 11.6 Å². The zero-order valence-electron chi connectivity index (χ0n) is 10.7. The summed E-state index contributed by atoms with van der Waals surface area (Å²) < 4.78 is 26.4. The Morgan fingerprint density at radius 3 is 2.45 bits per heavy atom. The van der Waals surface area contributed by atoms with Gasteiger partial charge in [-0.1, -0.05) is 12.1 Å². The average molecular weight is 276 g/mol. The standard InChI is InChI=1S/C15H14F2N2O/c16-12-3-6-14(17)11(8-12)9-19-13-4-1-10(2-5-13)7-15(18)20/h1-6,8,19H,7,9H2,(H2,18,20). The molecule has 0 fully saturated rings. The molecule has 2 rings (SSSR count). The van der Waals surface area contributed by atoms with Crippen LogP contribution in [0.5, 0.6) is 0 Å². The molecule has 3 N–H and O–H groups in total. The Labute approximate surface area is 115 Å². The molecule has 0 saturated heterocycles. The molecule has 0 atom stereocenters. The second-order valence-corrected chi connectivity index (χ2v) is 4.43. The van der Waals surface area contributed by atoms with Gasteiger partial charge >= 0.3 is 0 Å². The van der Waals surface area contributed by atoms with Gasteiger partial charge in [-0.05, 0) is 35.9 Å². The quantitative estimate of drug-likeness (QED) is 0.882. The van der Waals surface area contributed by atoms with Gasteiger partial charge in [0.15, 0.2) is 0 Å². The smallest absolute Gasteiger partial charge is 0.221 e. The van der Waals surface area contributed by atoms with E-state index in [9.17, 15) is 13.6 Å². The molecule has 1 amide bonds. The van der Waals surface area contributed by atoms with Crippen molar-refractivity contribution in [2.45, 2.75) is 13.0 Å². The largest absolute Gasteiger partial charge is 0.381 e. The Balaban J connectivity index is 2.00. The summed E-state index contributed by atoms with van der Waals surface area (Å²) in [4.78, 5) is 10.8. The number of carbonyl (C=O) groups excluding carboxylic acids is 1. The molecule has 0 spiro atoms. The fourth-order valence-electron chi connectivity index (χ4n) is 1.82. The molecule has 5 heteroatoms. The van der Waals surface area contributed by atoms with Crippen LogP contribution in [0.2, 0.25) is 0 Å². The van der Waals surface area contributed by atoms with Gasteiger partial charge in [0.2, 0.25) is 5.91 Å². The zero-order valence-corrected chi connectivity index (χ0v) is 10.7. The lowest BCUT2D eigenvalue weighted by Gasteiger charge is -2.08. The fraction of sp³-hybridized carbons (Fsp3) is 0.133. The third-order valence-corrected chi connectivity index (χ3v) is 2.82. The van der Waals surface area contributed by atoms with E-state index in [1.165, 1.54) is 0 Å². The maximum atomic E-state index is 13.4. The number of primary amides is 1. The van der Waals surface area contributed by atoms with Crippen molar-refractivity contribution in [2.75, 3.05) is 5.32 Å². The average Bonchev–Trinajstić information content (AvgIpc) is 2.41. The number of anilines is 1. The Kier molecular flexibility index (Phi) is 4.30. The Morgan fingerprint density at radius 2 is 1.80 bits per heavy atom. The van der Waals surface area contributed by atoms with Gasteiger partial charge in [0.25, 0.3) is 0 Å². The molecule has 0 heterocycles. The lowest BCUT2D eigenvalue weighted by molar-refractivity contribution is -0.117. The predicted octanol–water partition coefficient (Wildman–Crippen LogP) is 2.60. The minimum atomic E-state index is -0.472. The van der Waals surface area contributed by atoms with E-state index in [1.807, 2.05) is 0 Å². The van der Waals surface area contributed by atoms with Crippen LogP contribution in [-0.4, -0.2) is 5.91 Å². The van der Waals surface area contributed by atoms with E-state index >= 15 is 0 Å². The van der Waals surface area contributed by atoms with E-state index in [1.54, 1.807) is 24.3 Å². The van der Waals surface area contributed by atoms with Crippen LogP contribution in [0.4, 0.5) is 14.5 Å². The van der Waals surface area contributed by atoms with Gasteiger partial charge in [0.05, 0.1) is 6.42 Å². The summed E-state index contributed by atoms with van der Waals surface area (Å²) in [5, 5.41) is 2.99. The molecule has 0 unspecified atom stereocenters. The predicted molar refractivity (Wildman–Crippen MR) is 73.0 cm³/mol. The lowest BCUT2D eigenvalue weighted by Crippen LogP contribution is -2.13. The highest BCUT2D eigenvalue weighted by atomic mass is 19.1. The van der Waals surface area contributed by atoms with Crippen molar-refractivity contribution in [3.63, 3.8) is 0 Å². The molecule has 0 aliphatic carbocycles. The second-order valence-electron chi connectivity index (χ2n) is 4.43. The third kappa shape index (κ3) is 3.78. The number of hydrogen-bond acceptors (Lipinski definition) is 2. The van der Waals surface area contributed by atoms with E-state index in [-0.39, 0.29) is 18.5 Å². The first-order chi connectivity index (χ1) is 9.54. The molecule has 0 aliphatic heterocycles. The van der Waals surface area contributed by atoms with E-state index in [4.69, 9.17) is 5.73 Å². The van der Waals surface area contributed by atoms with Gasteiger partial charge in [-0.15, -0.1) is 0 Å². The Hall–Kier alpha value is -2.43. The van der Waals surface area contributed by atoms with Crippen molar-refractivity contribution in [1.29, 1.82) is 0 Å². The van der Waals surface area contributed by atoms with Gasteiger partial charge in [-0.3, -0.25) is 4.79 Å². The molecular weight excluding hydrogens is 262 g/mol. The summed E-state index contributed by atoms with van der Waals surface area (Å²) in [6, 6.07) is 10.4. The molecule has 2 aromatic rings. The number of nitrogens with one attached hydrogen (secondary N) is 1. The molecule has 2 aromatic carbocycles. The fourth-order valence-corrected chi connectivity index (χ4v) is 1.82. The summed E-state index contributed by atoms with van der Waals surface area (Å²) >= 11 is 0. The summed E-state index contributed by atoms with van der Waals surface area (Å²) in [7, 11) is 0. The van der Waals surface area contributed by atoms with Gasteiger partial charge in [0, 0.05) is 17.8 Å². The van der Waals surface area contributed by atoms with Gasteiger partial charge < -0.3 is 11.1 Å². The monoisotopic (exact) mass is 276 g/mol. The number of halogens is 2. The van der Waals surface area contributed by atoms with Crippen molar-refractivity contribution in [3.8, 4) is 0 Å². The SMILES string of the molecule is NC(=O)Cc1ccc(NCc2cc(F)ccc2F)cc1. The van der Waals surface area contributed by atoms with E-state index in [0.717, 1.165) is 29.4 Å². The van der Waals surface area contributed by atoms with Crippen LogP contribution in [-0.2, 0) is 17.8 Å². The van der Waals surface area contributed by atoms with Crippen LogP contribution in [0.15, 0.2) is 42.5 Å². The lowest BCUT2D eigenvalue weighted by atomic mass is 10.1. The first-order valence-electron chi connectivity index (χ1n) is 6.09. The maximum Gasteiger partial charge on any atom is 0.221 e. The van der Waals surface area contributed by atoms with Crippen LogP contribution in [0, 0.1) is 11.6 Å². The Bertz CT molecular complexity index is 612. The van der Waals surface area contributed by atoms with Crippen LogP contribution >= 0.6 is 0 Å². The first kappa shape index (κ1) is 14.0. The maximum absolute atomic E-state index is 13.4. The topological polar surface area (TPSA) is 55.1 Å². The normalized spacial score (nSPS) is 10.3. The molecule has 0 aliphatic rings. The number of amides is 1. The molecule has 0 saturated carbocycles. The summed E-state index contributed by atoms with van der Waals surface area (Å²) in [5.41, 5.74) is 6.91. The summed E-state index contributed by atoms with van der Waals surface area (Å²) in [6.45, 7) is 0.179. The van der Waals surface area contributed by atoms with E-state index < -0.39 is 17.5 Å². The Morgan fingerprint density at radius 1 is 1.10 bits per heavy atom. The first-order valence-corrected chi connectivity index (χ1v) is 6.09. The number of hydrogen-bond donors (Lipinski definition) is 2. The molecule has 0 radical (unpaired) electrons. The van der Waals surface area contributed by atoms with Crippen molar-refractivity contribution >= 4 is 11.6 Å². The van der Waals surface area contributed by atoms with E-state index in [2.05, 4.69) is 5.32 Å². The third-order valence-electron chi connectivity index (χ3n) is 2.82. The van der Waals surface area contributed by atoms with Crippen LogP contribution in [0.1, 0.15) is 11.1 Å². The highest BCUT2D eigenvalue weighted by Gasteiger charge is 2.04. The molecular formula is C15H14F2N2O. The zero-order chi connectivity index (χ0) is 14.5. The minimum Gasteiger partial charge on any atom is -0.381 e. The van der Waals surface area contributed by atoms with Gasteiger partial charge in [-0.25, -0.2) is 8.78 Å². The van der Waals surface area contributed by atoms with Crippen LogP contribution in [0.3, 0.4) is 0 Å². The molecule has 20 heavy (non-hydrogen) atoms. The molecule has 0 aromatic heterocycles. The van der Waals surface area contributed by atoms with Crippen LogP contribution < -0.4 is 11.1 Å². The van der Waals surface area contributed by atoms with Crippen LogP contribution in [0.25, 0.3) is 0 Å². The van der Waals surface area contributed by atoms with E-state index in [0.29, 0.717) is 0 Å². The highest BCUT2D eigenvalue weighted by Crippen LogP contribution is 2.14. The van der Waals surface area contributed by atoms with Crippen molar-refractivity contribution in [3.05, 3.63) is 65.2 Å². The minimum absolute atomic E-state index is 0.179.